The molecule has 0 bridgehead atoms. The van der Waals surface area contributed by atoms with Crippen molar-refractivity contribution < 1.29 is 5.11 Å². The van der Waals surface area contributed by atoms with Gasteiger partial charge in [-0.05, 0) is 38.3 Å². The van der Waals surface area contributed by atoms with Crippen molar-refractivity contribution in [1.29, 1.82) is 0 Å². The van der Waals surface area contributed by atoms with Crippen molar-refractivity contribution in [2.45, 2.75) is 45.1 Å². The van der Waals surface area contributed by atoms with Crippen molar-refractivity contribution in [3.8, 4) is 0 Å². The van der Waals surface area contributed by atoms with Gasteiger partial charge in [-0.25, -0.2) is 9.97 Å². The Balaban J connectivity index is 1.74. The standard InChI is InChI=1S/C17H28N4O/c1-3-5-14-10-18-16(19-11-14)21-8-4-7-17(13-21)12-20(2)9-6-15(17)22/h10-11,15,22H,3-9,12-13H2,1-2H3/t15-,17-/m0/s1. The van der Waals surface area contributed by atoms with Gasteiger partial charge in [-0.3, -0.25) is 0 Å². The highest BCUT2D eigenvalue weighted by molar-refractivity contribution is 5.32. The summed E-state index contributed by atoms with van der Waals surface area (Å²) in [5, 5.41) is 10.6. The predicted molar refractivity (Wildman–Crippen MR) is 88.0 cm³/mol. The molecule has 0 unspecified atom stereocenters. The maximum atomic E-state index is 10.6. The lowest BCUT2D eigenvalue weighted by Gasteiger charge is -2.50. The minimum atomic E-state index is -0.203. The van der Waals surface area contributed by atoms with Crippen molar-refractivity contribution in [2.75, 3.05) is 38.1 Å². The molecule has 2 atom stereocenters. The number of aliphatic hydroxyl groups excluding tert-OH is 1. The van der Waals surface area contributed by atoms with Crippen LogP contribution in [0.2, 0.25) is 0 Å². The Labute approximate surface area is 133 Å². The summed E-state index contributed by atoms with van der Waals surface area (Å²) in [6, 6.07) is 0. The first-order valence-electron chi connectivity index (χ1n) is 8.55. The normalized spacial score (nSPS) is 30.0. The summed E-state index contributed by atoms with van der Waals surface area (Å²) in [5.74, 6) is 0.819. The van der Waals surface area contributed by atoms with Gasteiger partial charge in [0.15, 0.2) is 0 Å². The molecule has 0 aliphatic carbocycles. The van der Waals surface area contributed by atoms with Gasteiger partial charge in [0.05, 0.1) is 6.10 Å². The van der Waals surface area contributed by atoms with E-state index in [0.717, 1.165) is 64.2 Å². The highest BCUT2D eigenvalue weighted by atomic mass is 16.3. The molecule has 2 fully saturated rings. The fraction of sp³-hybridized carbons (Fsp3) is 0.765. The van der Waals surface area contributed by atoms with Gasteiger partial charge in [-0.2, -0.15) is 0 Å². The highest BCUT2D eigenvalue weighted by Crippen LogP contribution is 2.39. The van der Waals surface area contributed by atoms with E-state index < -0.39 is 0 Å². The smallest absolute Gasteiger partial charge is 0.225 e. The van der Waals surface area contributed by atoms with Crippen molar-refractivity contribution in [2.24, 2.45) is 5.41 Å². The maximum absolute atomic E-state index is 10.6. The van der Waals surface area contributed by atoms with Crippen molar-refractivity contribution in [3.05, 3.63) is 18.0 Å². The molecule has 0 amide bonds. The molecule has 1 aromatic rings. The third-order valence-corrected chi connectivity index (χ3v) is 5.20. The Morgan fingerprint density at radius 3 is 2.77 bits per heavy atom. The SMILES string of the molecule is CCCc1cnc(N2CCC[C@]3(CN(C)CC[C@@H]3O)C2)nc1. The Morgan fingerprint density at radius 1 is 1.27 bits per heavy atom. The van der Waals surface area contributed by atoms with Gasteiger partial charge in [0.1, 0.15) is 0 Å². The van der Waals surface area contributed by atoms with E-state index >= 15 is 0 Å². The van der Waals surface area contributed by atoms with Crippen molar-refractivity contribution in [1.82, 2.24) is 14.9 Å². The van der Waals surface area contributed by atoms with Crippen LogP contribution in [0.1, 0.15) is 38.2 Å². The summed E-state index contributed by atoms with van der Waals surface area (Å²) in [4.78, 5) is 13.7. The average molecular weight is 304 g/mol. The van der Waals surface area contributed by atoms with Crippen molar-refractivity contribution >= 4 is 5.95 Å². The fourth-order valence-electron chi connectivity index (χ4n) is 4.03. The van der Waals surface area contributed by atoms with E-state index in [4.69, 9.17) is 0 Å². The number of hydrogen-bond donors (Lipinski definition) is 1. The number of nitrogens with zero attached hydrogens (tertiary/aromatic N) is 4. The minimum Gasteiger partial charge on any atom is -0.392 e. The molecule has 0 saturated carbocycles. The number of piperidine rings is 2. The summed E-state index contributed by atoms with van der Waals surface area (Å²) in [6.07, 6.45) is 8.94. The molecule has 2 aliphatic heterocycles. The largest absolute Gasteiger partial charge is 0.392 e. The topological polar surface area (TPSA) is 52.5 Å². The molecule has 22 heavy (non-hydrogen) atoms. The summed E-state index contributed by atoms with van der Waals surface area (Å²) in [7, 11) is 2.16. The molecule has 1 N–H and O–H groups in total. The van der Waals surface area contributed by atoms with Crippen LogP contribution in [0.5, 0.6) is 0 Å². The van der Waals surface area contributed by atoms with E-state index in [0.29, 0.717) is 0 Å². The second-order valence-corrected chi connectivity index (χ2v) is 7.07. The van der Waals surface area contributed by atoms with E-state index in [1.165, 1.54) is 5.56 Å². The third-order valence-electron chi connectivity index (χ3n) is 5.20. The summed E-state index contributed by atoms with van der Waals surface area (Å²) in [6.45, 7) is 5.99. The minimum absolute atomic E-state index is 0.0172. The van der Waals surface area contributed by atoms with Crippen LogP contribution in [0.4, 0.5) is 5.95 Å². The second-order valence-electron chi connectivity index (χ2n) is 7.07. The molecule has 1 spiro atoms. The van der Waals surface area contributed by atoms with E-state index in [1.807, 2.05) is 12.4 Å². The van der Waals surface area contributed by atoms with E-state index in [1.54, 1.807) is 0 Å². The molecular formula is C17H28N4O. The van der Waals surface area contributed by atoms with Gasteiger partial charge < -0.3 is 14.9 Å². The maximum Gasteiger partial charge on any atom is 0.225 e. The van der Waals surface area contributed by atoms with Gasteiger partial charge in [0, 0.05) is 44.0 Å². The van der Waals surface area contributed by atoms with Crippen LogP contribution in [0.25, 0.3) is 0 Å². The molecule has 122 valence electrons. The quantitative estimate of drug-likeness (QED) is 0.921. The van der Waals surface area contributed by atoms with Crippen LogP contribution >= 0.6 is 0 Å². The van der Waals surface area contributed by atoms with Gasteiger partial charge in [-0.15, -0.1) is 0 Å². The fourth-order valence-corrected chi connectivity index (χ4v) is 4.03. The van der Waals surface area contributed by atoms with Crippen LogP contribution in [0.15, 0.2) is 12.4 Å². The number of aromatic nitrogens is 2. The summed E-state index contributed by atoms with van der Waals surface area (Å²) < 4.78 is 0. The molecule has 5 heteroatoms. The number of aryl methyl sites for hydroxylation is 1. The molecular weight excluding hydrogens is 276 g/mol. The first-order valence-corrected chi connectivity index (χ1v) is 8.55. The van der Waals surface area contributed by atoms with Crippen LogP contribution in [0, 0.1) is 5.41 Å². The zero-order valence-corrected chi connectivity index (χ0v) is 13.8. The van der Waals surface area contributed by atoms with Crippen molar-refractivity contribution in [3.63, 3.8) is 0 Å². The van der Waals surface area contributed by atoms with Crippen LogP contribution in [-0.2, 0) is 6.42 Å². The van der Waals surface area contributed by atoms with E-state index in [9.17, 15) is 5.11 Å². The summed E-state index contributed by atoms with van der Waals surface area (Å²) in [5.41, 5.74) is 1.19. The number of likely N-dealkylation sites (tertiary alicyclic amines) is 1. The molecule has 3 rings (SSSR count). The predicted octanol–water partition coefficient (Wildman–Crippen LogP) is 1.71. The van der Waals surface area contributed by atoms with E-state index in [-0.39, 0.29) is 11.5 Å². The number of rotatable bonds is 3. The van der Waals surface area contributed by atoms with Gasteiger partial charge >= 0.3 is 0 Å². The number of anilines is 1. The Morgan fingerprint density at radius 2 is 2.05 bits per heavy atom. The monoisotopic (exact) mass is 304 g/mol. The Bertz CT molecular complexity index is 492. The molecule has 1 aromatic heterocycles. The number of hydrogen-bond acceptors (Lipinski definition) is 5. The van der Waals surface area contributed by atoms with Gasteiger partial charge in [-0.1, -0.05) is 13.3 Å². The lowest BCUT2D eigenvalue weighted by molar-refractivity contribution is -0.0467. The first kappa shape index (κ1) is 15.7. The zero-order valence-electron chi connectivity index (χ0n) is 13.8. The van der Waals surface area contributed by atoms with E-state index in [2.05, 4.69) is 33.7 Å². The zero-order chi connectivity index (χ0) is 15.6. The average Bonchev–Trinajstić information content (AvgIpc) is 2.53. The molecule has 0 aromatic carbocycles. The summed E-state index contributed by atoms with van der Waals surface area (Å²) >= 11 is 0. The third kappa shape index (κ3) is 3.10. The molecule has 3 heterocycles. The van der Waals surface area contributed by atoms with Gasteiger partial charge in [0.25, 0.3) is 0 Å². The van der Waals surface area contributed by atoms with Crippen LogP contribution in [-0.4, -0.2) is 59.3 Å². The molecule has 2 saturated heterocycles. The molecule has 5 nitrogen and oxygen atoms in total. The van der Waals surface area contributed by atoms with Crippen LogP contribution < -0.4 is 4.90 Å². The Hall–Kier alpha value is -1.20. The van der Waals surface area contributed by atoms with Gasteiger partial charge in [0.2, 0.25) is 5.95 Å². The second kappa shape index (κ2) is 6.50. The lowest BCUT2D eigenvalue weighted by Crippen LogP contribution is -2.58. The Kier molecular flexibility index (Phi) is 4.64. The molecule has 0 radical (unpaired) electrons. The lowest BCUT2D eigenvalue weighted by atomic mass is 9.72. The first-order chi connectivity index (χ1) is 10.6. The molecule has 2 aliphatic rings. The highest BCUT2D eigenvalue weighted by Gasteiger charge is 2.45. The number of aliphatic hydroxyl groups is 1. The van der Waals surface area contributed by atoms with Crippen LogP contribution in [0.3, 0.4) is 0 Å².